The second-order valence-electron chi connectivity index (χ2n) is 4.93. The first-order valence-electron chi connectivity index (χ1n) is 6.68. The van der Waals surface area contributed by atoms with Crippen LogP contribution in [0.3, 0.4) is 0 Å². The number of hydrogen-bond donors (Lipinski definition) is 1. The van der Waals surface area contributed by atoms with Gasteiger partial charge in [0.05, 0.1) is 0 Å². The van der Waals surface area contributed by atoms with E-state index in [0.29, 0.717) is 17.8 Å². The lowest BCUT2D eigenvalue weighted by Gasteiger charge is -2.34. The number of nitrogens with two attached hydrogens (primary N) is 1. The van der Waals surface area contributed by atoms with Gasteiger partial charge in [0.1, 0.15) is 5.82 Å². The molecule has 0 spiro atoms. The molecule has 1 aliphatic heterocycles. The zero-order valence-corrected chi connectivity index (χ0v) is 11.0. The highest BCUT2D eigenvalue weighted by atomic mass is 19.1. The third kappa shape index (κ3) is 3.21. The fourth-order valence-corrected chi connectivity index (χ4v) is 2.45. The smallest absolute Gasteiger partial charge is 0.129 e. The molecule has 0 atom stereocenters. The lowest BCUT2D eigenvalue weighted by molar-refractivity contribution is 0.126. The summed E-state index contributed by atoms with van der Waals surface area (Å²) in [6.45, 7) is 8.12. The van der Waals surface area contributed by atoms with E-state index < -0.39 is 0 Å². The summed E-state index contributed by atoms with van der Waals surface area (Å²) >= 11 is 0. The van der Waals surface area contributed by atoms with Gasteiger partial charge < -0.3 is 10.6 Å². The maximum absolute atomic E-state index is 13.7. The third-order valence-electron chi connectivity index (χ3n) is 3.54. The molecular formula is C14H22FN3. The molecule has 0 unspecified atom stereocenters. The van der Waals surface area contributed by atoms with E-state index in [9.17, 15) is 4.39 Å². The summed E-state index contributed by atoms with van der Waals surface area (Å²) in [5, 5.41) is 0. The second-order valence-corrected chi connectivity index (χ2v) is 4.93. The molecule has 1 aromatic carbocycles. The molecule has 0 saturated carbocycles. The fourth-order valence-electron chi connectivity index (χ4n) is 2.45. The number of hydrogen-bond acceptors (Lipinski definition) is 3. The minimum atomic E-state index is -0.189. The van der Waals surface area contributed by atoms with Crippen LogP contribution in [0.5, 0.6) is 0 Å². The van der Waals surface area contributed by atoms with Crippen molar-refractivity contribution in [1.29, 1.82) is 0 Å². The molecule has 0 aromatic heterocycles. The minimum absolute atomic E-state index is 0.189. The van der Waals surface area contributed by atoms with E-state index in [1.165, 1.54) is 12.5 Å². The summed E-state index contributed by atoms with van der Waals surface area (Å²) in [5.74, 6) is -0.189. The standard InChI is InChI=1S/C14H22FN3/c1-2-6-17-7-9-18(10-8-17)11-12-13(15)4-3-5-14(12)16/h3-5H,2,6-11,16H2,1H3. The Hall–Kier alpha value is -1.13. The van der Waals surface area contributed by atoms with Crippen LogP contribution in [0.1, 0.15) is 18.9 Å². The second kappa shape index (κ2) is 6.16. The third-order valence-corrected chi connectivity index (χ3v) is 3.54. The number of benzene rings is 1. The van der Waals surface area contributed by atoms with Gasteiger partial charge in [0.15, 0.2) is 0 Å². The van der Waals surface area contributed by atoms with Gasteiger partial charge in [0, 0.05) is 44.0 Å². The van der Waals surface area contributed by atoms with E-state index in [-0.39, 0.29) is 5.82 Å². The van der Waals surface area contributed by atoms with Gasteiger partial charge in [-0.05, 0) is 25.1 Å². The van der Waals surface area contributed by atoms with E-state index in [2.05, 4.69) is 16.7 Å². The minimum Gasteiger partial charge on any atom is -0.398 e. The molecule has 1 aromatic rings. The number of nitrogen functional groups attached to an aromatic ring is 1. The van der Waals surface area contributed by atoms with E-state index in [0.717, 1.165) is 32.7 Å². The van der Waals surface area contributed by atoms with Gasteiger partial charge in [-0.1, -0.05) is 13.0 Å². The SMILES string of the molecule is CCCN1CCN(Cc2c(N)cccc2F)CC1. The predicted octanol–water partition coefficient (Wildman–Crippen LogP) is 1.94. The van der Waals surface area contributed by atoms with Crippen molar-refractivity contribution in [3.63, 3.8) is 0 Å². The molecule has 18 heavy (non-hydrogen) atoms. The van der Waals surface area contributed by atoms with E-state index in [1.54, 1.807) is 12.1 Å². The van der Waals surface area contributed by atoms with Crippen LogP contribution in [-0.4, -0.2) is 42.5 Å². The Morgan fingerprint density at radius 3 is 2.44 bits per heavy atom. The van der Waals surface area contributed by atoms with Crippen molar-refractivity contribution in [2.75, 3.05) is 38.5 Å². The Bertz CT molecular complexity index is 366. The van der Waals surface area contributed by atoms with Crippen LogP contribution < -0.4 is 5.73 Å². The maximum Gasteiger partial charge on any atom is 0.129 e. The first-order chi connectivity index (χ1) is 8.70. The van der Waals surface area contributed by atoms with Crippen molar-refractivity contribution in [3.8, 4) is 0 Å². The van der Waals surface area contributed by atoms with Gasteiger partial charge >= 0.3 is 0 Å². The van der Waals surface area contributed by atoms with Gasteiger partial charge in [0.25, 0.3) is 0 Å². The van der Waals surface area contributed by atoms with Crippen molar-refractivity contribution in [1.82, 2.24) is 9.80 Å². The average molecular weight is 251 g/mol. The van der Waals surface area contributed by atoms with E-state index >= 15 is 0 Å². The molecule has 2 N–H and O–H groups in total. The zero-order chi connectivity index (χ0) is 13.0. The fraction of sp³-hybridized carbons (Fsp3) is 0.571. The Morgan fingerprint density at radius 2 is 1.83 bits per heavy atom. The summed E-state index contributed by atoms with van der Waals surface area (Å²) in [6, 6.07) is 4.91. The molecule has 1 saturated heterocycles. The number of halogens is 1. The highest BCUT2D eigenvalue weighted by Gasteiger charge is 2.18. The highest BCUT2D eigenvalue weighted by molar-refractivity contribution is 5.47. The van der Waals surface area contributed by atoms with Crippen molar-refractivity contribution in [2.24, 2.45) is 0 Å². The van der Waals surface area contributed by atoms with Crippen molar-refractivity contribution >= 4 is 5.69 Å². The lowest BCUT2D eigenvalue weighted by atomic mass is 10.1. The van der Waals surface area contributed by atoms with Crippen LogP contribution in [0.15, 0.2) is 18.2 Å². The Labute approximate surface area is 108 Å². The van der Waals surface area contributed by atoms with Gasteiger partial charge in [-0.2, -0.15) is 0 Å². The first kappa shape index (κ1) is 13.3. The van der Waals surface area contributed by atoms with Gasteiger partial charge in [-0.15, -0.1) is 0 Å². The van der Waals surface area contributed by atoms with Gasteiger partial charge in [0.2, 0.25) is 0 Å². The summed E-state index contributed by atoms with van der Waals surface area (Å²) in [4.78, 5) is 4.74. The van der Waals surface area contributed by atoms with Crippen LogP contribution >= 0.6 is 0 Å². The average Bonchev–Trinajstić information content (AvgIpc) is 2.36. The molecule has 2 rings (SSSR count). The quantitative estimate of drug-likeness (QED) is 0.830. The first-order valence-corrected chi connectivity index (χ1v) is 6.68. The summed E-state index contributed by atoms with van der Waals surface area (Å²) in [5.41, 5.74) is 7.04. The Kier molecular flexibility index (Phi) is 4.55. The molecule has 1 heterocycles. The Balaban J connectivity index is 1.92. The van der Waals surface area contributed by atoms with E-state index in [1.807, 2.05) is 0 Å². The number of nitrogens with zero attached hydrogens (tertiary/aromatic N) is 2. The number of piperazine rings is 1. The molecule has 0 radical (unpaired) electrons. The number of anilines is 1. The van der Waals surface area contributed by atoms with Crippen LogP contribution in [0, 0.1) is 5.82 Å². The summed E-state index contributed by atoms with van der Waals surface area (Å²) < 4.78 is 13.7. The van der Waals surface area contributed by atoms with Crippen molar-refractivity contribution in [2.45, 2.75) is 19.9 Å². The largest absolute Gasteiger partial charge is 0.398 e. The molecular weight excluding hydrogens is 229 g/mol. The molecule has 1 fully saturated rings. The molecule has 100 valence electrons. The van der Waals surface area contributed by atoms with Crippen LogP contribution in [0.2, 0.25) is 0 Å². The van der Waals surface area contributed by atoms with Crippen molar-refractivity contribution < 1.29 is 4.39 Å². The van der Waals surface area contributed by atoms with Crippen LogP contribution in [0.4, 0.5) is 10.1 Å². The van der Waals surface area contributed by atoms with Gasteiger partial charge in [-0.3, -0.25) is 4.90 Å². The maximum atomic E-state index is 13.7. The van der Waals surface area contributed by atoms with Crippen molar-refractivity contribution in [3.05, 3.63) is 29.6 Å². The van der Waals surface area contributed by atoms with E-state index in [4.69, 9.17) is 5.73 Å². The molecule has 4 heteroatoms. The molecule has 0 bridgehead atoms. The van der Waals surface area contributed by atoms with Gasteiger partial charge in [-0.25, -0.2) is 4.39 Å². The molecule has 1 aliphatic rings. The monoisotopic (exact) mass is 251 g/mol. The molecule has 0 amide bonds. The number of rotatable bonds is 4. The zero-order valence-electron chi connectivity index (χ0n) is 11.0. The summed E-state index contributed by atoms with van der Waals surface area (Å²) in [7, 11) is 0. The molecule has 0 aliphatic carbocycles. The Morgan fingerprint density at radius 1 is 1.17 bits per heavy atom. The molecule has 3 nitrogen and oxygen atoms in total. The van der Waals surface area contributed by atoms with Crippen LogP contribution in [-0.2, 0) is 6.54 Å². The lowest BCUT2D eigenvalue weighted by Crippen LogP contribution is -2.46. The topological polar surface area (TPSA) is 32.5 Å². The normalized spacial score (nSPS) is 18.1. The van der Waals surface area contributed by atoms with Crippen LogP contribution in [0.25, 0.3) is 0 Å². The predicted molar refractivity (Wildman–Crippen MR) is 72.8 cm³/mol. The summed E-state index contributed by atoms with van der Waals surface area (Å²) in [6.07, 6.45) is 1.19. The highest BCUT2D eigenvalue weighted by Crippen LogP contribution is 2.18.